The monoisotopic (exact) mass is 299 g/mol. The highest BCUT2D eigenvalue weighted by Crippen LogP contribution is 2.13. The molecule has 0 atom stereocenters. The van der Waals surface area contributed by atoms with E-state index in [0.29, 0.717) is 6.54 Å². The first-order chi connectivity index (χ1) is 10.3. The van der Waals surface area contributed by atoms with Crippen LogP contribution in [0.25, 0.3) is 0 Å². The van der Waals surface area contributed by atoms with E-state index in [0.717, 1.165) is 12.8 Å². The number of amides is 1. The summed E-state index contributed by atoms with van der Waals surface area (Å²) >= 11 is 0. The predicted octanol–water partition coefficient (Wildman–Crippen LogP) is 6.13. The van der Waals surface area contributed by atoms with E-state index in [1.54, 1.807) is 0 Å². The van der Waals surface area contributed by atoms with Gasteiger partial charge in [-0.05, 0) is 6.42 Å². The van der Waals surface area contributed by atoms with Crippen LogP contribution in [-0.2, 0) is 0 Å². The highest BCUT2D eigenvalue weighted by molar-refractivity contribution is 5.64. The average Bonchev–Trinajstić information content (AvgIpc) is 2.46. The van der Waals surface area contributed by atoms with Crippen molar-refractivity contribution >= 4 is 6.09 Å². The number of carbonyl (C=O) groups is 1. The fraction of sp³-hybridized carbons (Fsp3) is 0.944. The van der Waals surface area contributed by atoms with Crippen LogP contribution in [0.4, 0.5) is 4.79 Å². The molecule has 3 heteroatoms. The molecule has 0 aliphatic rings. The van der Waals surface area contributed by atoms with Gasteiger partial charge in [-0.15, -0.1) is 0 Å². The van der Waals surface area contributed by atoms with Crippen molar-refractivity contribution in [2.75, 3.05) is 6.54 Å². The molecule has 2 N–H and O–H groups in total. The van der Waals surface area contributed by atoms with E-state index in [4.69, 9.17) is 5.11 Å². The fourth-order valence-corrected chi connectivity index (χ4v) is 2.69. The van der Waals surface area contributed by atoms with Gasteiger partial charge in [0, 0.05) is 6.54 Å². The van der Waals surface area contributed by atoms with Crippen LogP contribution < -0.4 is 5.32 Å². The van der Waals surface area contributed by atoms with Gasteiger partial charge in [0.05, 0.1) is 0 Å². The molecule has 0 bridgehead atoms. The lowest BCUT2D eigenvalue weighted by molar-refractivity contribution is 0.194. The molecule has 0 heterocycles. The summed E-state index contributed by atoms with van der Waals surface area (Å²) in [7, 11) is 0. The van der Waals surface area contributed by atoms with Crippen LogP contribution in [0.15, 0.2) is 0 Å². The first kappa shape index (κ1) is 20.3. The van der Waals surface area contributed by atoms with Gasteiger partial charge in [0.15, 0.2) is 0 Å². The topological polar surface area (TPSA) is 49.3 Å². The minimum absolute atomic E-state index is 0.605. The van der Waals surface area contributed by atoms with Crippen LogP contribution in [0.5, 0.6) is 0 Å². The van der Waals surface area contributed by atoms with Crippen molar-refractivity contribution in [2.24, 2.45) is 0 Å². The van der Waals surface area contributed by atoms with Crippen molar-refractivity contribution in [3.05, 3.63) is 0 Å². The lowest BCUT2D eigenvalue weighted by Crippen LogP contribution is -2.21. The Bertz CT molecular complexity index is 219. The molecule has 3 nitrogen and oxygen atoms in total. The summed E-state index contributed by atoms with van der Waals surface area (Å²) in [6.07, 6.45) is 19.2. The molecule has 0 aromatic carbocycles. The maximum Gasteiger partial charge on any atom is 0.404 e. The van der Waals surface area contributed by atoms with Gasteiger partial charge in [0.25, 0.3) is 0 Å². The Hall–Kier alpha value is -0.730. The maximum absolute atomic E-state index is 10.2. The molecule has 126 valence electrons. The summed E-state index contributed by atoms with van der Waals surface area (Å²) in [4.78, 5) is 10.2. The summed E-state index contributed by atoms with van der Waals surface area (Å²) in [5.41, 5.74) is 0. The van der Waals surface area contributed by atoms with Gasteiger partial charge in [0.2, 0.25) is 0 Å². The van der Waals surface area contributed by atoms with E-state index < -0.39 is 6.09 Å². The van der Waals surface area contributed by atoms with Crippen molar-refractivity contribution in [2.45, 2.75) is 103 Å². The first-order valence-electron chi connectivity index (χ1n) is 9.24. The van der Waals surface area contributed by atoms with E-state index in [-0.39, 0.29) is 0 Å². The van der Waals surface area contributed by atoms with Gasteiger partial charge < -0.3 is 10.4 Å². The number of hydrogen-bond donors (Lipinski definition) is 2. The Morgan fingerprint density at radius 1 is 0.667 bits per heavy atom. The fourth-order valence-electron chi connectivity index (χ4n) is 2.69. The van der Waals surface area contributed by atoms with Gasteiger partial charge >= 0.3 is 6.09 Å². The van der Waals surface area contributed by atoms with Crippen molar-refractivity contribution in [3.8, 4) is 0 Å². The van der Waals surface area contributed by atoms with Crippen LogP contribution in [0.2, 0.25) is 0 Å². The Morgan fingerprint density at radius 2 is 1.00 bits per heavy atom. The number of carboxylic acid groups (broad SMARTS) is 1. The second-order valence-electron chi connectivity index (χ2n) is 6.18. The van der Waals surface area contributed by atoms with Crippen LogP contribution in [0, 0.1) is 0 Å². The molecule has 0 rings (SSSR count). The Balaban J connectivity index is 2.95. The zero-order valence-electron chi connectivity index (χ0n) is 14.2. The summed E-state index contributed by atoms with van der Waals surface area (Å²) in [6.45, 7) is 2.88. The molecule has 0 saturated carbocycles. The van der Waals surface area contributed by atoms with Crippen molar-refractivity contribution in [1.29, 1.82) is 0 Å². The molecule has 0 aliphatic carbocycles. The average molecular weight is 299 g/mol. The van der Waals surface area contributed by atoms with E-state index >= 15 is 0 Å². The Labute approximate surface area is 131 Å². The van der Waals surface area contributed by atoms with Crippen LogP contribution in [0.1, 0.15) is 103 Å². The van der Waals surface area contributed by atoms with Gasteiger partial charge in [0.1, 0.15) is 0 Å². The second-order valence-corrected chi connectivity index (χ2v) is 6.18. The highest BCUT2D eigenvalue weighted by atomic mass is 16.4. The smallest absolute Gasteiger partial charge is 0.404 e. The third-order valence-corrected chi connectivity index (χ3v) is 4.06. The first-order valence-corrected chi connectivity index (χ1v) is 9.24. The third kappa shape index (κ3) is 19.3. The van der Waals surface area contributed by atoms with Crippen LogP contribution >= 0.6 is 0 Å². The van der Waals surface area contributed by atoms with Crippen molar-refractivity contribution in [3.63, 3.8) is 0 Å². The summed E-state index contributed by atoms with van der Waals surface area (Å²) in [5, 5.41) is 10.8. The number of unbranched alkanes of at least 4 members (excludes halogenated alkanes) is 14. The second kappa shape index (κ2) is 17.3. The molecule has 0 aromatic rings. The molecule has 0 unspecified atom stereocenters. The lowest BCUT2D eigenvalue weighted by atomic mass is 10.0. The number of hydrogen-bond acceptors (Lipinski definition) is 1. The quantitative estimate of drug-likeness (QED) is 0.337. The van der Waals surface area contributed by atoms with E-state index in [2.05, 4.69) is 12.2 Å². The molecule has 1 amide bonds. The zero-order chi connectivity index (χ0) is 15.6. The standard InChI is InChI=1S/C18H37NO2/c1-2-3-4-5-6-7-8-9-10-11-12-13-14-15-16-17-19-18(20)21/h19H,2-17H2,1H3,(H,20,21). The summed E-state index contributed by atoms with van der Waals surface area (Å²) in [5.74, 6) is 0. The van der Waals surface area contributed by atoms with E-state index in [1.807, 2.05) is 0 Å². The highest BCUT2D eigenvalue weighted by Gasteiger charge is 1.95. The minimum atomic E-state index is -0.902. The van der Waals surface area contributed by atoms with Crippen LogP contribution in [0.3, 0.4) is 0 Å². The predicted molar refractivity (Wildman–Crippen MR) is 91.0 cm³/mol. The zero-order valence-corrected chi connectivity index (χ0v) is 14.2. The molecule has 0 spiro atoms. The Morgan fingerprint density at radius 3 is 1.33 bits per heavy atom. The normalized spacial score (nSPS) is 10.7. The van der Waals surface area contributed by atoms with E-state index in [1.165, 1.54) is 83.5 Å². The molecular formula is C18H37NO2. The number of nitrogens with one attached hydrogen (secondary N) is 1. The summed E-state index contributed by atoms with van der Waals surface area (Å²) < 4.78 is 0. The molecule has 0 saturated heterocycles. The molecule has 21 heavy (non-hydrogen) atoms. The van der Waals surface area contributed by atoms with E-state index in [9.17, 15) is 4.79 Å². The maximum atomic E-state index is 10.2. The van der Waals surface area contributed by atoms with Crippen molar-refractivity contribution < 1.29 is 9.90 Å². The minimum Gasteiger partial charge on any atom is -0.465 e. The largest absolute Gasteiger partial charge is 0.465 e. The van der Waals surface area contributed by atoms with Gasteiger partial charge in [-0.25, -0.2) is 4.79 Å². The summed E-state index contributed by atoms with van der Waals surface area (Å²) in [6, 6.07) is 0. The Kier molecular flexibility index (Phi) is 16.7. The SMILES string of the molecule is CCCCCCCCCCCCCCCCCNC(=O)O. The lowest BCUT2D eigenvalue weighted by Gasteiger charge is -2.03. The molecule has 0 aliphatic heterocycles. The van der Waals surface area contributed by atoms with Gasteiger partial charge in [-0.3, -0.25) is 0 Å². The molecule has 0 radical (unpaired) electrons. The molecule has 0 aromatic heterocycles. The number of rotatable bonds is 16. The molecule has 0 fully saturated rings. The third-order valence-electron chi connectivity index (χ3n) is 4.06. The van der Waals surface area contributed by atoms with Crippen LogP contribution in [-0.4, -0.2) is 17.7 Å². The van der Waals surface area contributed by atoms with Gasteiger partial charge in [-0.1, -0.05) is 96.8 Å². The molecular weight excluding hydrogens is 262 g/mol. The van der Waals surface area contributed by atoms with Gasteiger partial charge in [-0.2, -0.15) is 0 Å². The van der Waals surface area contributed by atoms with Crippen molar-refractivity contribution in [1.82, 2.24) is 5.32 Å².